The van der Waals surface area contributed by atoms with Gasteiger partial charge in [-0.1, -0.05) is 12.1 Å². The van der Waals surface area contributed by atoms with Gasteiger partial charge in [0.25, 0.3) is 0 Å². The lowest BCUT2D eigenvalue weighted by Crippen LogP contribution is -2.47. The molecule has 0 aromatic heterocycles. The molecular weight excluding hydrogens is 285 g/mol. The number of hydrogen-bond acceptors (Lipinski definition) is 4. The molecule has 0 amide bonds. The zero-order chi connectivity index (χ0) is 16.1. The first-order valence-corrected chi connectivity index (χ1v) is 7.58. The fourth-order valence-electron chi connectivity index (χ4n) is 2.84. The van der Waals surface area contributed by atoms with Crippen LogP contribution in [0, 0.1) is 12.7 Å². The molecule has 1 saturated heterocycles. The highest BCUT2D eigenvalue weighted by atomic mass is 19.1. The molecular formula is C16H24FN3O2. The smallest absolute Gasteiger partial charge is 0.317 e. The summed E-state index contributed by atoms with van der Waals surface area (Å²) in [6.07, 6.45) is 0. The Morgan fingerprint density at radius 3 is 2.73 bits per heavy atom. The van der Waals surface area contributed by atoms with E-state index in [1.807, 2.05) is 11.0 Å². The number of nitrogens with one attached hydrogen (secondary N) is 1. The van der Waals surface area contributed by atoms with Crippen molar-refractivity contribution in [2.45, 2.75) is 13.0 Å². The van der Waals surface area contributed by atoms with E-state index in [0.29, 0.717) is 5.56 Å². The van der Waals surface area contributed by atoms with Crippen LogP contribution in [0.25, 0.3) is 0 Å². The minimum atomic E-state index is -0.855. The Hall–Kier alpha value is -1.50. The molecule has 1 aliphatic rings. The number of aliphatic carboxylic acids is 1. The number of piperazine rings is 1. The summed E-state index contributed by atoms with van der Waals surface area (Å²) in [4.78, 5) is 15.2. The molecule has 2 rings (SSSR count). The maximum absolute atomic E-state index is 13.5. The van der Waals surface area contributed by atoms with Crippen LogP contribution in [0.4, 0.5) is 4.39 Å². The van der Waals surface area contributed by atoms with Crippen LogP contribution in [0.15, 0.2) is 18.2 Å². The van der Waals surface area contributed by atoms with Crippen LogP contribution in [-0.2, 0) is 4.79 Å². The van der Waals surface area contributed by atoms with Crippen LogP contribution >= 0.6 is 0 Å². The summed E-state index contributed by atoms with van der Waals surface area (Å²) in [7, 11) is 1.81. The SMILES string of the molecule is Cc1cc(C(CN2CCNCC2)N(C)CC(=O)O)ccc1F. The van der Waals surface area contributed by atoms with Crippen LogP contribution in [0.1, 0.15) is 17.2 Å². The largest absolute Gasteiger partial charge is 0.480 e. The Morgan fingerprint density at radius 1 is 1.45 bits per heavy atom. The van der Waals surface area contributed by atoms with Gasteiger partial charge in [0.1, 0.15) is 5.82 Å². The van der Waals surface area contributed by atoms with E-state index < -0.39 is 5.97 Å². The highest BCUT2D eigenvalue weighted by Crippen LogP contribution is 2.23. The maximum Gasteiger partial charge on any atom is 0.317 e. The molecule has 1 atom stereocenters. The molecule has 0 saturated carbocycles. The van der Waals surface area contributed by atoms with Gasteiger partial charge in [0, 0.05) is 38.8 Å². The van der Waals surface area contributed by atoms with Crippen molar-refractivity contribution < 1.29 is 14.3 Å². The molecule has 1 fully saturated rings. The van der Waals surface area contributed by atoms with Crippen molar-refractivity contribution in [1.29, 1.82) is 0 Å². The molecule has 0 aliphatic carbocycles. The van der Waals surface area contributed by atoms with Crippen LogP contribution in [0.2, 0.25) is 0 Å². The lowest BCUT2D eigenvalue weighted by Gasteiger charge is -2.35. The molecule has 6 heteroatoms. The molecule has 5 nitrogen and oxygen atoms in total. The number of hydrogen-bond donors (Lipinski definition) is 2. The van der Waals surface area contributed by atoms with E-state index in [1.54, 1.807) is 20.0 Å². The van der Waals surface area contributed by atoms with Crippen LogP contribution in [0.3, 0.4) is 0 Å². The number of carboxylic acid groups (broad SMARTS) is 1. The van der Waals surface area contributed by atoms with Crippen molar-refractivity contribution in [3.05, 3.63) is 35.1 Å². The summed E-state index contributed by atoms with van der Waals surface area (Å²) in [5, 5.41) is 12.4. The van der Waals surface area contributed by atoms with E-state index in [4.69, 9.17) is 5.11 Å². The zero-order valence-electron chi connectivity index (χ0n) is 13.2. The highest BCUT2D eigenvalue weighted by molar-refractivity contribution is 5.69. The van der Waals surface area contributed by atoms with E-state index >= 15 is 0 Å². The second-order valence-electron chi connectivity index (χ2n) is 5.88. The van der Waals surface area contributed by atoms with Gasteiger partial charge in [0.05, 0.1) is 6.54 Å². The average molecular weight is 309 g/mol. The summed E-state index contributed by atoms with van der Waals surface area (Å²) in [6.45, 7) is 6.21. The quantitative estimate of drug-likeness (QED) is 0.824. The third-order valence-corrected chi connectivity index (χ3v) is 4.12. The number of carboxylic acids is 1. The van der Waals surface area contributed by atoms with E-state index in [0.717, 1.165) is 38.3 Å². The van der Waals surface area contributed by atoms with Crippen molar-refractivity contribution in [3.63, 3.8) is 0 Å². The molecule has 1 aromatic rings. The van der Waals surface area contributed by atoms with E-state index in [2.05, 4.69) is 10.2 Å². The Kier molecular flexibility index (Phi) is 5.88. The van der Waals surface area contributed by atoms with Gasteiger partial charge < -0.3 is 10.4 Å². The Labute approximate surface area is 130 Å². The average Bonchev–Trinajstić information content (AvgIpc) is 2.48. The first-order chi connectivity index (χ1) is 10.5. The number of benzene rings is 1. The molecule has 0 radical (unpaired) electrons. The number of aryl methyl sites for hydroxylation is 1. The molecule has 1 heterocycles. The molecule has 1 aliphatic heterocycles. The van der Waals surface area contributed by atoms with Gasteiger partial charge in [-0.15, -0.1) is 0 Å². The Morgan fingerprint density at radius 2 is 2.14 bits per heavy atom. The molecule has 0 spiro atoms. The van der Waals surface area contributed by atoms with Crippen molar-refractivity contribution in [1.82, 2.24) is 15.1 Å². The summed E-state index contributed by atoms with van der Waals surface area (Å²) in [5.74, 6) is -1.09. The van der Waals surface area contributed by atoms with Crippen molar-refractivity contribution in [3.8, 4) is 0 Å². The van der Waals surface area contributed by atoms with Crippen LogP contribution < -0.4 is 5.32 Å². The second kappa shape index (κ2) is 7.67. The highest BCUT2D eigenvalue weighted by Gasteiger charge is 2.23. The normalized spacial score (nSPS) is 17.6. The minimum Gasteiger partial charge on any atom is -0.480 e. The van der Waals surface area contributed by atoms with Gasteiger partial charge >= 0.3 is 5.97 Å². The summed E-state index contributed by atoms with van der Waals surface area (Å²) >= 11 is 0. The lowest BCUT2D eigenvalue weighted by molar-refractivity contribution is -0.138. The van der Waals surface area contributed by atoms with Gasteiger partial charge in [0.2, 0.25) is 0 Å². The number of carbonyl (C=O) groups is 1. The number of halogens is 1. The van der Waals surface area contributed by atoms with Crippen molar-refractivity contribution in [2.75, 3.05) is 46.3 Å². The first kappa shape index (κ1) is 16.9. The third-order valence-electron chi connectivity index (χ3n) is 4.12. The summed E-state index contributed by atoms with van der Waals surface area (Å²) in [5.41, 5.74) is 1.55. The topological polar surface area (TPSA) is 55.8 Å². The predicted molar refractivity (Wildman–Crippen MR) is 83.5 cm³/mol. The zero-order valence-corrected chi connectivity index (χ0v) is 13.2. The number of rotatable bonds is 6. The molecule has 0 bridgehead atoms. The molecule has 2 N–H and O–H groups in total. The van der Waals surface area contributed by atoms with Gasteiger partial charge in [-0.25, -0.2) is 4.39 Å². The van der Waals surface area contributed by atoms with Gasteiger partial charge in [0.15, 0.2) is 0 Å². The summed E-state index contributed by atoms with van der Waals surface area (Å²) < 4.78 is 13.5. The first-order valence-electron chi connectivity index (χ1n) is 7.58. The predicted octanol–water partition coefficient (Wildman–Crippen LogP) is 1.10. The lowest BCUT2D eigenvalue weighted by atomic mass is 10.0. The number of nitrogens with zero attached hydrogens (tertiary/aromatic N) is 2. The second-order valence-corrected chi connectivity index (χ2v) is 5.88. The van der Waals surface area contributed by atoms with Gasteiger partial charge in [-0.05, 0) is 31.2 Å². The Bertz CT molecular complexity index is 518. The maximum atomic E-state index is 13.5. The fraction of sp³-hybridized carbons (Fsp3) is 0.562. The molecule has 122 valence electrons. The fourth-order valence-corrected chi connectivity index (χ4v) is 2.84. The molecule has 1 unspecified atom stereocenters. The minimum absolute atomic E-state index is 0.0345. The van der Waals surface area contributed by atoms with Gasteiger partial charge in [-0.3, -0.25) is 14.6 Å². The van der Waals surface area contributed by atoms with Crippen LogP contribution in [-0.4, -0.2) is 67.2 Å². The van der Waals surface area contributed by atoms with Crippen LogP contribution in [0.5, 0.6) is 0 Å². The summed E-state index contributed by atoms with van der Waals surface area (Å²) in [6, 6.07) is 4.98. The van der Waals surface area contributed by atoms with Crippen molar-refractivity contribution in [2.24, 2.45) is 0 Å². The standard InChI is InChI=1S/C16H24FN3O2/c1-12-9-13(3-4-14(12)17)15(19(2)11-16(21)22)10-20-7-5-18-6-8-20/h3-4,9,15,18H,5-8,10-11H2,1-2H3,(H,21,22). The monoisotopic (exact) mass is 309 g/mol. The molecule has 1 aromatic carbocycles. The van der Waals surface area contributed by atoms with Crippen molar-refractivity contribution >= 4 is 5.97 Å². The van der Waals surface area contributed by atoms with E-state index in [9.17, 15) is 9.18 Å². The molecule has 22 heavy (non-hydrogen) atoms. The Balaban J connectivity index is 2.18. The third kappa shape index (κ3) is 4.50. The van der Waals surface area contributed by atoms with E-state index in [-0.39, 0.29) is 18.4 Å². The number of likely N-dealkylation sites (N-methyl/N-ethyl adjacent to an activating group) is 1. The van der Waals surface area contributed by atoms with Gasteiger partial charge in [-0.2, -0.15) is 0 Å². The van der Waals surface area contributed by atoms with E-state index in [1.165, 1.54) is 6.07 Å².